The molecule has 0 radical (unpaired) electrons. The van der Waals surface area contributed by atoms with Crippen molar-refractivity contribution >= 4 is 16.8 Å². The molecule has 1 N–H and O–H groups in total. The van der Waals surface area contributed by atoms with Crippen LogP contribution < -0.4 is 14.8 Å². The van der Waals surface area contributed by atoms with Gasteiger partial charge in [-0.1, -0.05) is 54.6 Å². The summed E-state index contributed by atoms with van der Waals surface area (Å²) >= 11 is 0. The van der Waals surface area contributed by atoms with Gasteiger partial charge in [0.25, 0.3) is 0 Å². The molecule has 2 amide bonds. The molecule has 1 atom stereocenters. The Hall–Kier alpha value is -3.21. The lowest BCUT2D eigenvalue weighted by Gasteiger charge is -2.27. The van der Waals surface area contributed by atoms with Crippen molar-refractivity contribution in [2.45, 2.75) is 12.6 Å². The minimum atomic E-state index is -0.199. The summed E-state index contributed by atoms with van der Waals surface area (Å²) in [6, 6.07) is 21.8. The molecular formula is C22H22N2O3. The highest BCUT2D eigenvalue weighted by atomic mass is 16.6. The van der Waals surface area contributed by atoms with Gasteiger partial charge in [0.2, 0.25) is 0 Å². The third-order valence-corrected chi connectivity index (χ3v) is 4.68. The van der Waals surface area contributed by atoms with E-state index in [0.29, 0.717) is 25.4 Å². The van der Waals surface area contributed by atoms with Gasteiger partial charge in [0.1, 0.15) is 6.61 Å². The molecule has 138 valence electrons. The summed E-state index contributed by atoms with van der Waals surface area (Å²) in [5.41, 5.74) is 1.12. The Morgan fingerprint density at radius 3 is 2.67 bits per heavy atom. The van der Waals surface area contributed by atoms with Crippen LogP contribution >= 0.6 is 0 Å². The third-order valence-electron chi connectivity index (χ3n) is 4.68. The maximum absolute atomic E-state index is 12.5. The Morgan fingerprint density at radius 1 is 1.04 bits per heavy atom. The number of amides is 2. The summed E-state index contributed by atoms with van der Waals surface area (Å²) in [6.07, 6.45) is -0.199. The largest absolute Gasteiger partial charge is 0.486 e. The Bertz CT molecular complexity index is 952. The van der Waals surface area contributed by atoms with Crippen LogP contribution in [0.15, 0.2) is 66.7 Å². The highest BCUT2D eigenvalue weighted by Crippen LogP contribution is 2.30. The first-order chi connectivity index (χ1) is 13.2. The summed E-state index contributed by atoms with van der Waals surface area (Å²) in [6.45, 7) is 1.36. The molecule has 3 aromatic rings. The SMILES string of the molecule is CN(Cc1cccc2ccccc12)C(=O)NCC1COc2ccccc2O1. The van der Waals surface area contributed by atoms with E-state index in [1.807, 2.05) is 42.5 Å². The van der Waals surface area contributed by atoms with Crippen LogP contribution in [0.25, 0.3) is 10.8 Å². The number of hydrogen-bond acceptors (Lipinski definition) is 3. The molecule has 5 heteroatoms. The Kier molecular flexibility index (Phi) is 4.83. The number of ether oxygens (including phenoxy) is 2. The van der Waals surface area contributed by atoms with E-state index in [2.05, 4.69) is 29.6 Å². The molecule has 0 spiro atoms. The zero-order valence-corrected chi connectivity index (χ0v) is 15.2. The normalized spacial score (nSPS) is 15.4. The maximum Gasteiger partial charge on any atom is 0.317 e. The van der Waals surface area contributed by atoms with Crippen LogP contribution in [0.5, 0.6) is 11.5 Å². The average molecular weight is 362 g/mol. The topological polar surface area (TPSA) is 50.8 Å². The molecule has 0 aliphatic carbocycles. The van der Waals surface area contributed by atoms with E-state index in [9.17, 15) is 4.79 Å². The fraction of sp³-hybridized carbons (Fsp3) is 0.227. The second-order valence-electron chi connectivity index (χ2n) is 6.68. The Morgan fingerprint density at radius 2 is 1.78 bits per heavy atom. The van der Waals surface area contributed by atoms with E-state index in [-0.39, 0.29) is 12.1 Å². The fourth-order valence-corrected chi connectivity index (χ4v) is 3.26. The third kappa shape index (κ3) is 3.82. The van der Waals surface area contributed by atoms with E-state index in [0.717, 1.165) is 11.3 Å². The van der Waals surface area contributed by atoms with Gasteiger partial charge < -0.3 is 19.7 Å². The number of rotatable bonds is 4. The van der Waals surface area contributed by atoms with Gasteiger partial charge in [0.15, 0.2) is 17.6 Å². The first-order valence-electron chi connectivity index (χ1n) is 9.05. The summed E-state index contributed by atoms with van der Waals surface area (Å²) in [4.78, 5) is 14.2. The molecule has 1 aliphatic rings. The van der Waals surface area contributed by atoms with E-state index < -0.39 is 0 Å². The number of para-hydroxylation sites is 2. The molecule has 0 aromatic heterocycles. The average Bonchev–Trinajstić information content (AvgIpc) is 2.72. The molecule has 27 heavy (non-hydrogen) atoms. The quantitative estimate of drug-likeness (QED) is 0.768. The molecule has 1 aliphatic heterocycles. The first kappa shape index (κ1) is 17.2. The maximum atomic E-state index is 12.5. The van der Waals surface area contributed by atoms with E-state index in [1.54, 1.807) is 11.9 Å². The second-order valence-corrected chi connectivity index (χ2v) is 6.68. The lowest BCUT2D eigenvalue weighted by atomic mass is 10.0. The number of carbonyl (C=O) groups excluding carboxylic acids is 1. The predicted molar refractivity (Wildman–Crippen MR) is 105 cm³/mol. The van der Waals surface area contributed by atoms with Crippen molar-refractivity contribution in [1.82, 2.24) is 10.2 Å². The highest BCUT2D eigenvalue weighted by Gasteiger charge is 2.21. The van der Waals surface area contributed by atoms with Crippen molar-refractivity contribution in [3.8, 4) is 11.5 Å². The summed E-state index contributed by atoms with van der Waals surface area (Å²) < 4.78 is 11.6. The molecular weight excluding hydrogens is 340 g/mol. The fourth-order valence-electron chi connectivity index (χ4n) is 3.26. The van der Waals surface area contributed by atoms with Crippen LogP contribution in [0.2, 0.25) is 0 Å². The Labute approximate surface area is 158 Å². The standard InChI is InChI=1S/C22H22N2O3/c1-24(14-17-9-6-8-16-7-2-3-10-19(16)17)22(25)23-13-18-15-26-20-11-4-5-12-21(20)27-18/h2-12,18H,13-15H2,1H3,(H,23,25). The van der Waals surface area contributed by atoms with Crippen LogP contribution in [-0.4, -0.2) is 37.2 Å². The van der Waals surface area contributed by atoms with Gasteiger partial charge in [-0.15, -0.1) is 0 Å². The van der Waals surface area contributed by atoms with Gasteiger partial charge in [-0.25, -0.2) is 4.79 Å². The van der Waals surface area contributed by atoms with E-state index >= 15 is 0 Å². The molecule has 1 heterocycles. The number of hydrogen-bond donors (Lipinski definition) is 1. The van der Waals surface area contributed by atoms with E-state index in [1.165, 1.54) is 10.8 Å². The van der Waals surface area contributed by atoms with Gasteiger partial charge in [0, 0.05) is 13.6 Å². The monoisotopic (exact) mass is 362 g/mol. The number of fused-ring (bicyclic) bond motifs is 2. The zero-order valence-electron chi connectivity index (χ0n) is 15.2. The smallest absolute Gasteiger partial charge is 0.317 e. The molecule has 0 saturated heterocycles. The van der Waals surface area contributed by atoms with Gasteiger partial charge in [-0.2, -0.15) is 0 Å². The predicted octanol–water partition coefficient (Wildman–Crippen LogP) is 3.82. The van der Waals surface area contributed by atoms with Gasteiger partial charge in [0.05, 0.1) is 6.54 Å². The van der Waals surface area contributed by atoms with Crippen LogP contribution in [0.3, 0.4) is 0 Å². The van der Waals surface area contributed by atoms with Crippen molar-refractivity contribution in [3.63, 3.8) is 0 Å². The first-order valence-corrected chi connectivity index (χ1v) is 9.05. The van der Waals surface area contributed by atoms with Crippen LogP contribution in [0.1, 0.15) is 5.56 Å². The number of benzene rings is 3. The van der Waals surface area contributed by atoms with E-state index in [4.69, 9.17) is 9.47 Å². The van der Waals surface area contributed by atoms with Crippen LogP contribution in [0.4, 0.5) is 4.79 Å². The second kappa shape index (κ2) is 7.58. The minimum absolute atomic E-state index is 0.134. The lowest BCUT2D eigenvalue weighted by Crippen LogP contribution is -2.44. The zero-order chi connectivity index (χ0) is 18.6. The number of carbonyl (C=O) groups is 1. The Balaban J connectivity index is 1.35. The molecule has 3 aromatic carbocycles. The van der Waals surface area contributed by atoms with Crippen molar-refractivity contribution in [3.05, 3.63) is 72.3 Å². The van der Waals surface area contributed by atoms with Crippen LogP contribution in [-0.2, 0) is 6.54 Å². The van der Waals surface area contributed by atoms with Crippen LogP contribution in [0, 0.1) is 0 Å². The van der Waals surface area contributed by atoms with Crippen molar-refractivity contribution in [2.75, 3.05) is 20.2 Å². The number of nitrogens with one attached hydrogen (secondary N) is 1. The van der Waals surface area contributed by atoms with Gasteiger partial charge >= 0.3 is 6.03 Å². The summed E-state index contributed by atoms with van der Waals surface area (Å²) in [5, 5.41) is 5.28. The number of urea groups is 1. The molecule has 5 nitrogen and oxygen atoms in total. The molecule has 0 fully saturated rings. The highest BCUT2D eigenvalue weighted by molar-refractivity contribution is 5.86. The van der Waals surface area contributed by atoms with Gasteiger partial charge in [-0.05, 0) is 28.5 Å². The van der Waals surface area contributed by atoms with Crippen molar-refractivity contribution < 1.29 is 14.3 Å². The summed E-state index contributed by atoms with van der Waals surface area (Å²) in [5.74, 6) is 1.46. The molecule has 0 saturated carbocycles. The minimum Gasteiger partial charge on any atom is -0.486 e. The summed E-state index contributed by atoms with van der Waals surface area (Å²) in [7, 11) is 1.80. The number of nitrogens with zero attached hydrogens (tertiary/aromatic N) is 1. The van der Waals surface area contributed by atoms with Gasteiger partial charge in [-0.3, -0.25) is 0 Å². The molecule has 4 rings (SSSR count). The van der Waals surface area contributed by atoms with Crippen molar-refractivity contribution in [1.29, 1.82) is 0 Å². The molecule has 0 bridgehead atoms. The van der Waals surface area contributed by atoms with Crippen molar-refractivity contribution in [2.24, 2.45) is 0 Å². The lowest BCUT2D eigenvalue weighted by molar-refractivity contribution is 0.0904. The molecule has 1 unspecified atom stereocenters.